The molecule has 0 aliphatic carbocycles. The summed E-state index contributed by atoms with van der Waals surface area (Å²) >= 11 is 0. The number of nitrogens with zero attached hydrogens (tertiary/aromatic N) is 1. The molecular formula is C12H16N2O4S. The van der Waals surface area contributed by atoms with E-state index in [1.165, 1.54) is 13.2 Å². The fourth-order valence-corrected chi connectivity index (χ4v) is 2.18. The number of sulfonamides is 1. The van der Waals surface area contributed by atoms with E-state index in [2.05, 4.69) is 9.72 Å². The summed E-state index contributed by atoms with van der Waals surface area (Å²) in [6.45, 7) is 1.76. The number of carbonyl (C=O) groups excluding carboxylic acids is 1. The van der Waals surface area contributed by atoms with Crippen molar-refractivity contribution < 1.29 is 17.9 Å². The molecule has 1 heterocycles. The van der Waals surface area contributed by atoms with Crippen molar-refractivity contribution in [2.75, 3.05) is 19.5 Å². The number of pyridine rings is 1. The fraction of sp³-hybridized carbons (Fsp3) is 0.333. The predicted molar refractivity (Wildman–Crippen MR) is 71.7 cm³/mol. The third kappa shape index (κ3) is 5.62. The number of amides is 1. The van der Waals surface area contributed by atoms with Crippen molar-refractivity contribution >= 4 is 21.5 Å². The van der Waals surface area contributed by atoms with Crippen molar-refractivity contribution in [1.82, 2.24) is 9.71 Å². The van der Waals surface area contributed by atoms with E-state index in [1.807, 2.05) is 4.72 Å². The second-order valence-corrected chi connectivity index (χ2v) is 5.68. The summed E-state index contributed by atoms with van der Waals surface area (Å²) in [5.41, 5.74) is 1.46. The van der Waals surface area contributed by atoms with Crippen LogP contribution in [0.15, 0.2) is 30.6 Å². The Kier molecular flexibility index (Phi) is 5.65. The van der Waals surface area contributed by atoms with Gasteiger partial charge in [-0.05, 0) is 30.2 Å². The Balaban J connectivity index is 2.70. The molecule has 0 aliphatic rings. The smallest absolute Gasteiger partial charge is 0.257 e. The fourth-order valence-electron chi connectivity index (χ4n) is 1.32. The van der Waals surface area contributed by atoms with Crippen LogP contribution < -0.4 is 4.72 Å². The van der Waals surface area contributed by atoms with Crippen LogP contribution >= 0.6 is 0 Å². The minimum absolute atomic E-state index is 0.0374. The number of hydrogen-bond acceptors (Lipinski definition) is 5. The zero-order valence-electron chi connectivity index (χ0n) is 10.8. The molecule has 0 atom stereocenters. The van der Waals surface area contributed by atoms with Gasteiger partial charge < -0.3 is 4.74 Å². The van der Waals surface area contributed by atoms with Crippen LogP contribution in [-0.2, 0) is 19.6 Å². The minimum Gasteiger partial charge on any atom is -0.384 e. The van der Waals surface area contributed by atoms with Crippen LogP contribution in [0.4, 0.5) is 0 Å². The Morgan fingerprint density at radius 2 is 2.05 bits per heavy atom. The molecule has 104 valence electrons. The number of rotatable bonds is 6. The lowest BCUT2D eigenvalue weighted by molar-refractivity contribution is -0.114. The van der Waals surface area contributed by atoms with Gasteiger partial charge in [-0.2, -0.15) is 0 Å². The lowest BCUT2D eigenvalue weighted by atomic mass is 10.1. The van der Waals surface area contributed by atoms with E-state index in [1.54, 1.807) is 31.5 Å². The molecule has 1 rings (SSSR count). The summed E-state index contributed by atoms with van der Waals surface area (Å²) < 4.78 is 29.5. The van der Waals surface area contributed by atoms with Crippen LogP contribution in [0.3, 0.4) is 0 Å². The molecule has 0 saturated heterocycles. The first-order valence-electron chi connectivity index (χ1n) is 5.56. The third-order valence-corrected chi connectivity index (χ3v) is 3.51. The van der Waals surface area contributed by atoms with Crippen LogP contribution in [0.1, 0.15) is 12.5 Å². The molecule has 1 N–H and O–H groups in total. The molecule has 7 heteroatoms. The van der Waals surface area contributed by atoms with Crippen molar-refractivity contribution in [3.63, 3.8) is 0 Å². The highest BCUT2D eigenvalue weighted by Crippen LogP contribution is 2.11. The number of nitrogens with one attached hydrogen (secondary N) is 1. The number of methoxy groups -OCH3 is 1. The summed E-state index contributed by atoms with van der Waals surface area (Å²) in [7, 11) is -2.26. The van der Waals surface area contributed by atoms with Crippen LogP contribution in [0.2, 0.25) is 0 Å². The SMILES string of the molecule is COCCS(=O)(=O)NC(=O)/C=C(\C)c1ccncc1. The highest BCUT2D eigenvalue weighted by Gasteiger charge is 2.12. The maximum atomic E-state index is 11.6. The molecule has 1 amide bonds. The largest absolute Gasteiger partial charge is 0.384 e. The van der Waals surface area contributed by atoms with Gasteiger partial charge in [0.05, 0.1) is 12.4 Å². The predicted octanol–water partition coefficient (Wildman–Crippen LogP) is 0.577. The molecule has 0 aromatic carbocycles. The van der Waals surface area contributed by atoms with Crippen molar-refractivity contribution in [2.45, 2.75) is 6.92 Å². The summed E-state index contributed by atoms with van der Waals surface area (Å²) in [5, 5.41) is 0. The summed E-state index contributed by atoms with van der Waals surface area (Å²) in [4.78, 5) is 15.4. The van der Waals surface area contributed by atoms with Gasteiger partial charge in [0, 0.05) is 25.6 Å². The quantitative estimate of drug-likeness (QED) is 0.772. The van der Waals surface area contributed by atoms with E-state index in [4.69, 9.17) is 0 Å². The summed E-state index contributed by atoms with van der Waals surface area (Å²) in [6, 6.07) is 3.47. The molecule has 0 radical (unpaired) electrons. The first kappa shape index (κ1) is 15.3. The van der Waals surface area contributed by atoms with Gasteiger partial charge in [0.1, 0.15) is 0 Å². The molecule has 0 unspecified atom stereocenters. The Bertz CT molecular complexity index is 552. The van der Waals surface area contributed by atoms with E-state index in [9.17, 15) is 13.2 Å². The Hall–Kier alpha value is -1.73. The van der Waals surface area contributed by atoms with Gasteiger partial charge in [0.25, 0.3) is 5.91 Å². The number of ether oxygens (including phenoxy) is 1. The van der Waals surface area contributed by atoms with E-state index >= 15 is 0 Å². The Morgan fingerprint density at radius 3 is 2.63 bits per heavy atom. The molecule has 0 fully saturated rings. The number of carbonyl (C=O) groups is 1. The van der Waals surface area contributed by atoms with Crippen molar-refractivity contribution in [3.05, 3.63) is 36.2 Å². The molecular weight excluding hydrogens is 268 g/mol. The zero-order valence-corrected chi connectivity index (χ0v) is 11.6. The summed E-state index contributed by atoms with van der Waals surface area (Å²) in [6.07, 6.45) is 4.43. The summed E-state index contributed by atoms with van der Waals surface area (Å²) in [5.74, 6) is -0.928. The second-order valence-electron chi connectivity index (χ2n) is 3.84. The first-order chi connectivity index (χ1) is 8.94. The van der Waals surface area contributed by atoms with E-state index in [0.717, 1.165) is 5.56 Å². The van der Waals surface area contributed by atoms with Crippen LogP contribution in [0, 0.1) is 0 Å². The third-order valence-electron chi connectivity index (χ3n) is 2.30. The van der Waals surface area contributed by atoms with E-state index in [-0.39, 0.29) is 12.4 Å². The lowest BCUT2D eigenvalue weighted by Crippen LogP contribution is -2.32. The van der Waals surface area contributed by atoms with Crippen LogP contribution in [0.25, 0.3) is 5.57 Å². The monoisotopic (exact) mass is 284 g/mol. The number of aromatic nitrogens is 1. The van der Waals surface area contributed by atoms with Gasteiger partial charge >= 0.3 is 0 Å². The van der Waals surface area contributed by atoms with E-state index < -0.39 is 15.9 Å². The maximum Gasteiger partial charge on any atom is 0.257 e. The number of allylic oxidation sites excluding steroid dienone is 1. The Labute approximate surface area is 112 Å². The minimum atomic E-state index is -3.65. The maximum absolute atomic E-state index is 11.6. The van der Waals surface area contributed by atoms with Crippen LogP contribution in [-0.4, -0.2) is 38.8 Å². The second kappa shape index (κ2) is 7.01. The first-order valence-corrected chi connectivity index (χ1v) is 7.22. The number of hydrogen-bond donors (Lipinski definition) is 1. The van der Waals surface area contributed by atoms with Crippen molar-refractivity contribution in [3.8, 4) is 0 Å². The molecule has 19 heavy (non-hydrogen) atoms. The molecule has 0 aliphatic heterocycles. The zero-order chi connectivity index (χ0) is 14.3. The molecule has 1 aromatic heterocycles. The van der Waals surface area contributed by atoms with Crippen molar-refractivity contribution in [2.24, 2.45) is 0 Å². The molecule has 1 aromatic rings. The van der Waals surface area contributed by atoms with Gasteiger partial charge in [-0.25, -0.2) is 13.1 Å². The van der Waals surface area contributed by atoms with Gasteiger partial charge in [-0.3, -0.25) is 9.78 Å². The molecule has 0 saturated carbocycles. The normalized spacial score (nSPS) is 12.2. The van der Waals surface area contributed by atoms with Gasteiger partial charge in [-0.15, -0.1) is 0 Å². The average molecular weight is 284 g/mol. The average Bonchev–Trinajstić information content (AvgIpc) is 2.36. The highest BCUT2D eigenvalue weighted by molar-refractivity contribution is 7.90. The topological polar surface area (TPSA) is 85.4 Å². The van der Waals surface area contributed by atoms with E-state index in [0.29, 0.717) is 5.57 Å². The van der Waals surface area contributed by atoms with Gasteiger partial charge in [0.15, 0.2) is 0 Å². The van der Waals surface area contributed by atoms with Gasteiger partial charge in [-0.1, -0.05) is 0 Å². The molecule has 0 bridgehead atoms. The Morgan fingerprint density at radius 1 is 1.42 bits per heavy atom. The van der Waals surface area contributed by atoms with Crippen molar-refractivity contribution in [1.29, 1.82) is 0 Å². The highest BCUT2D eigenvalue weighted by atomic mass is 32.2. The lowest BCUT2D eigenvalue weighted by Gasteiger charge is -2.05. The van der Waals surface area contributed by atoms with Gasteiger partial charge in [0.2, 0.25) is 10.0 Å². The van der Waals surface area contributed by atoms with Crippen LogP contribution in [0.5, 0.6) is 0 Å². The standard InChI is InChI=1S/C12H16N2O4S/c1-10(11-3-5-13-6-4-11)9-12(15)14-19(16,17)8-7-18-2/h3-6,9H,7-8H2,1-2H3,(H,14,15)/b10-9+. The molecule has 6 nitrogen and oxygen atoms in total. The molecule has 0 spiro atoms.